The molecule has 0 bridgehead atoms. The van der Waals surface area contributed by atoms with Gasteiger partial charge >= 0.3 is 0 Å². The van der Waals surface area contributed by atoms with Crippen molar-refractivity contribution < 1.29 is 4.74 Å². The molecule has 3 atom stereocenters. The Morgan fingerprint density at radius 1 is 1.30 bits per heavy atom. The molecule has 3 heteroatoms. The number of methoxy groups -OCH3 is 1. The van der Waals surface area contributed by atoms with Crippen molar-refractivity contribution >= 4 is 0 Å². The zero-order chi connectivity index (χ0) is 14.8. The molecule has 20 heavy (non-hydrogen) atoms. The summed E-state index contributed by atoms with van der Waals surface area (Å²) in [6.45, 7) is 8.80. The van der Waals surface area contributed by atoms with Gasteiger partial charge in [0, 0.05) is 24.7 Å². The van der Waals surface area contributed by atoms with E-state index < -0.39 is 0 Å². The molecule has 3 nitrogen and oxygen atoms in total. The van der Waals surface area contributed by atoms with Crippen molar-refractivity contribution in [2.75, 3.05) is 20.2 Å². The van der Waals surface area contributed by atoms with Crippen molar-refractivity contribution in [3.63, 3.8) is 0 Å². The fourth-order valence-corrected chi connectivity index (χ4v) is 3.53. The van der Waals surface area contributed by atoms with Crippen LogP contribution in [0.4, 0.5) is 0 Å². The maximum Gasteiger partial charge on any atom is 0.118 e. The summed E-state index contributed by atoms with van der Waals surface area (Å²) >= 11 is 0. The third-order valence-corrected chi connectivity index (χ3v) is 4.66. The van der Waals surface area contributed by atoms with Gasteiger partial charge in [-0.15, -0.1) is 0 Å². The van der Waals surface area contributed by atoms with Crippen molar-refractivity contribution in [3.8, 4) is 5.75 Å². The van der Waals surface area contributed by atoms with Crippen LogP contribution in [0.1, 0.15) is 32.8 Å². The van der Waals surface area contributed by atoms with Gasteiger partial charge in [-0.25, -0.2) is 0 Å². The molecular formula is C17H28N2O. The fourth-order valence-electron chi connectivity index (χ4n) is 3.53. The number of likely N-dealkylation sites (tertiary alicyclic amines) is 1. The smallest absolute Gasteiger partial charge is 0.118 e. The summed E-state index contributed by atoms with van der Waals surface area (Å²) in [5, 5.41) is 0. The third kappa shape index (κ3) is 3.15. The Morgan fingerprint density at radius 3 is 2.40 bits per heavy atom. The molecule has 2 rings (SSSR count). The van der Waals surface area contributed by atoms with Gasteiger partial charge in [-0.1, -0.05) is 19.1 Å². The van der Waals surface area contributed by atoms with E-state index in [9.17, 15) is 0 Å². The zero-order valence-corrected chi connectivity index (χ0v) is 13.2. The zero-order valence-electron chi connectivity index (χ0n) is 13.2. The van der Waals surface area contributed by atoms with Crippen LogP contribution in [0.5, 0.6) is 5.75 Å². The van der Waals surface area contributed by atoms with Crippen LogP contribution in [-0.4, -0.2) is 36.7 Å². The number of benzene rings is 1. The van der Waals surface area contributed by atoms with Crippen LogP contribution < -0.4 is 10.5 Å². The first-order valence-electron chi connectivity index (χ1n) is 7.58. The summed E-state index contributed by atoms with van der Waals surface area (Å²) < 4.78 is 5.22. The van der Waals surface area contributed by atoms with Crippen LogP contribution in [0.25, 0.3) is 0 Å². The van der Waals surface area contributed by atoms with E-state index in [0.717, 1.165) is 24.6 Å². The molecule has 1 heterocycles. The second kappa shape index (κ2) is 6.15. The van der Waals surface area contributed by atoms with Crippen molar-refractivity contribution in [2.45, 2.75) is 45.2 Å². The first-order valence-corrected chi connectivity index (χ1v) is 7.58. The van der Waals surface area contributed by atoms with Crippen molar-refractivity contribution in [1.82, 2.24) is 4.90 Å². The molecule has 1 aliphatic heterocycles. The van der Waals surface area contributed by atoms with Gasteiger partial charge in [0.15, 0.2) is 0 Å². The summed E-state index contributed by atoms with van der Waals surface area (Å²) in [7, 11) is 1.70. The second-order valence-electron chi connectivity index (χ2n) is 6.57. The lowest BCUT2D eigenvalue weighted by atomic mass is 9.90. The third-order valence-electron chi connectivity index (χ3n) is 4.66. The average Bonchev–Trinajstić information content (AvgIpc) is 2.79. The second-order valence-corrected chi connectivity index (χ2v) is 6.57. The summed E-state index contributed by atoms with van der Waals surface area (Å²) in [6.07, 6.45) is 2.27. The molecule has 1 aromatic rings. The number of nitrogens with zero attached hydrogens (tertiary/aromatic N) is 1. The van der Waals surface area contributed by atoms with Crippen LogP contribution in [0.2, 0.25) is 0 Å². The molecule has 1 saturated heterocycles. The van der Waals surface area contributed by atoms with Crippen LogP contribution in [0.3, 0.4) is 0 Å². The van der Waals surface area contributed by atoms with Gasteiger partial charge in [0.25, 0.3) is 0 Å². The predicted octanol–water partition coefficient (Wildman–Crippen LogP) is 2.69. The number of hydrogen-bond acceptors (Lipinski definition) is 3. The van der Waals surface area contributed by atoms with Gasteiger partial charge < -0.3 is 10.5 Å². The average molecular weight is 276 g/mol. The van der Waals surface area contributed by atoms with Gasteiger partial charge in [0.05, 0.1) is 7.11 Å². The topological polar surface area (TPSA) is 38.5 Å². The molecule has 1 aromatic carbocycles. The standard InChI is InChI=1S/C17H28N2O/c1-13-9-14(2)19(11-13)17(3,12-18)10-15-5-7-16(20-4)8-6-15/h5-8,13-14H,9-12,18H2,1-4H3. The van der Waals surface area contributed by atoms with Crippen LogP contribution >= 0.6 is 0 Å². The van der Waals surface area contributed by atoms with E-state index >= 15 is 0 Å². The summed E-state index contributed by atoms with van der Waals surface area (Å²) in [5.74, 6) is 1.68. The minimum absolute atomic E-state index is 0.0404. The van der Waals surface area contributed by atoms with Crippen LogP contribution in [0.15, 0.2) is 24.3 Å². The maximum absolute atomic E-state index is 6.13. The van der Waals surface area contributed by atoms with E-state index in [1.807, 2.05) is 12.1 Å². The lowest BCUT2D eigenvalue weighted by Gasteiger charge is -2.41. The molecule has 112 valence electrons. The minimum Gasteiger partial charge on any atom is -0.497 e. The van der Waals surface area contributed by atoms with Crippen molar-refractivity contribution in [3.05, 3.63) is 29.8 Å². The van der Waals surface area contributed by atoms with E-state index in [4.69, 9.17) is 10.5 Å². The van der Waals surface area contributed by atoms with Crippen LogP contribution in [-0.2, 0) is 6.42 Å². The Balaban J connectivity index is 2.13. The Bertz CT molecular complexity index is 431. The van der Waals surface area contributed by atoms with E-state index in [-0.39, 0.29) is 5.54 Å². The summed E-state index contributed by atoms with van der Waals surface area (Å²) in [4.78, 5) is 2.60. The minimum atomic E-state index is 0.0404. The number of hydrogen-bond donors (Lipinski definition) is 1. The highest BCUT2D eigenvalue weighted by atomic mass is 16.5. The molecule has 3 unspecified atom stereocenters. The Labute approximate surface area is 123 Å². The Hall–Kier alpha value is -1.06. The SMILES string of the molecule is COc1ccc(CC(C)(CN)N2CC(C)CC2C)cc1. The van der Waals surface area contributed by atoms with Gasteiger partial charge in [-0.05, 0) is 50.3 Å². The quantitative estimate of drug-likeness (QED) is 0.898. The van der Waals surface area contributed by atoms with E-state index in [1.54, 1.807) is 7.11 Å². The molecule has 2 N–H and O–H groups in total. The molecule has 0 amide bonds. The van der Waals surface area contributed by atoms with Gasteiger partial charge in [0.2, 0.25) is 0 Å². The normalized spacial score (nSPS) is 26.4. The van der Waals surface area contributed by atoms with Crippen molar-refractivity contribution in [2.24, 2.45) is 11.7 Å². The van der Waals surface area contributed by atoms with E-state index in [0.29, 0.717) is 12.6 Å². The Morgan fingerprint density at radius 2 is 1.95 bits per heavy atom. The largest absolute Gasteiger partial charge is 0.497 e. The first kappa shape index (κ1) is 15.3. The highest BCUT2D eigenvalue weighted by molar-refractivity contribution is 5.28. The van der Waals surface area contributed by atoms with Crippen LogP contribution in [0, 0.1) is 5.92 Å². The molecule has 0 saturated carbocycles. The highest BCUT2D eigenvalue weighted by Gasteiger charge is 2.38. The maximum atomic E-state index is 6.13. The van der Waals surface area contributed by atoms with Crippen molar-refractivity contribution in [1.29, 1.82) is 0 Å². The van der Waals surface area contributed by atoms with Gasteiger partial charge in [-0.3, -0.25) is 4.90 Å². The molecule has 1 fully saturated rings. The highest BCUT2D eigenvalue weighted by Crippen LogP contribution is 2.32. The first-order chi connectivity index (χ1) is 9.48. The fraction of sp³-hybridized carbons (Fsp3) is 0.647. The Kier molecular flexibility index (Phi) is 4.71. The number of rotatable bonds is 5. The molecular weight excluding hydrogens is 248 g/mol. The molecule has 0 aromatic heterocycles. The lowest BCUT2D eigenvalue weighted by molar-refractivity contribution is 0.101. The van der Waals surface area contributed by atoms with E-state index in [1.165, 1.54) is 12.0 Å². The molecule has 0 aliphatic carbocycles. The van der Waals surface area contributed by atoms with Gasteiger partial charge in [-0.2, -0.15) is 0 Å². The predicted molar refractivity (Wildman–Crippen MR) is 84.1 cm³/mol. The number of ether oxygens (including phenoxy) is 1. The molecule has 1 aliphatic rings. The number of nitrogens with two attached hydrogens (primary N) is 1. The van der Waals surface area contributed by atoms with Gasteiger partial charge in [0.1, 0.15) is 5.75 Å². The van der Waals surface area contributed by atoms with E-state index in [2.05, 4.69) is 37.8 Å². The monoisotopic (exact) mass is 276 g/mol. The lowest BCUT2D eigenvalue weighted by Crippen LogP contribution is -2.54. The summed E-state index contributed by atoms with van der Waals surface area (Å²) in [6, 6.07) is 8.98. The molecule has 0 spiro atoms. The molecule has 0 radical (unpaired) electrons. The summed E-state index contributed by atoms with van der Waals surface area (Å²) in [5.41, 5.74) is 7.50.